The number of hydrogen-bond acceptors (Lipinski definition) is 4. The van der Waals surface area contributed by atoms with Gasteiger partial charge in [-0.1, -0.05) is 17.4 Å². The van der Waals surface area contributed by atoms with Crippen LogP contribution >= 0.6 is 12.2 Å². The average molecular weight is 228 g/mol. The standard InChI is InChI=1S/C9H16N4OS/c1-3-14-6-4-5-13-7(2)8(9(10)15)11-12-13/h3-6H2,1-2H3,(H2,10,15). The minimum absolute atomic E-state index is 0.295. The van der Waals surface area contributed by atoms with Crippen molar-refractivity contribution in [3.05, 3.63) is 11.4 Å². The number of nitrogens with two attached hydrogens (primary N) is 1. The number of aromatic nitrogens is 3. The third-order valence-corrected chi connectivity index (χ3v) is 2.27. The third-order valence-electron chi connectivity index (χ3n) is 2.08. The van der Waals surface area contributed by atoms with Gasteiger partial charge in [0.25, 0.3) is 0 Å². The molecule has 0 aliphatic heterocycles. The number of nitrogens with zero attached hydrogens (tertiary/aromatic N) is 3. The quantitative estimate of drug-likeness (QED) is 0.572. The molecule has 2 N–H and O–H groups in total. The molecule has 0 fully saturated rings. The van der Waals surface area contributed by atoms with Crippen LogP contribution in [0.1, 0.15) is 24.7 Å². The summed E-state index contributed by atoms with van der Waals surface area (Å²) in [4.78, 5) is 0.295. The molecule has 0 aromatic carbocycles. The summed E-state index contributed by atoms with van der Waals surface area (Å²) in [7, 11) is 0. The predicted molar refractivity (Wildman–Crippen MR) is 61.8 cm³/mol. The van der Waals surface area contributed by atoms with Crippen LogP contribution in [0.4, 0.5) is 0 Å². The van der Waals surface area contributed by atoms with E-state index in [1.54, 1.807) is 4.68 Å². The van der Waals surface area contributed by atoms with Crippen LogP contribution in [-0.2, 0) is 11.3 Å². The number of ether oxygens (including phenoxy) is 1. The van der Waals surface area contributed by atoms with Gasteiger partial charge in [-0.3, -0.25) is 0 Å². The maximum Gasteiger partial charge on any atom is 0.142 e. The molecular weight excluding hydrogens is 212 g/mol. The van der Waals surface area contributed by atoms with Crippen LogP contribution in [0, 0.1) is 6.92 Å². The Morgan fingerprint density at radius 1 is 1.60 bits per heavy atom. The number of thiocarbonyl (C=S) groups is 1. The molecule has 0 bridgehead atoms. The van der Waals surface area contributed by atoms with E-state index in [0.29, 0.717) is 10.7 Å². The first-order valence-corrected chi connectivity index (χ1v) is 5.35. The Morgan fingerprint density at radius 3 is 2.87 bits per heavy atom. The lowest BCUT2D eigenvalue weighted by Gasteiger charge is -2.03. The number of hydrogen-bond donors (Lipinski definition) is 1. The smallest absolute Gasteiger partial charge is 0.142 e. The van der Waals surface area contributed by atoms with Gasteiger partial charge in [0.1, 0.15) is 10.7 Å². The van der Waals surface area contributed by atoms with Gasteiger partial charge in [0, 0.05) is 19.8 Å². The predicted octanol–water partition coefficient (Wildman–Crippen LogP) is 0.647. The molecule has 1 heterocycles. The fourth-order valence-electron chi connectivity index (χ4n) is 1.26. The van der Waals surface area contributed by atoms with Gasteiger partial charge in [-0.2, -0.15) is 0 Å². The summed E-state index contributed by atoms with van der Waals surface area (Å²) < 4.78 is 7.04. The Labute approximate surface area is 94.6 Å². The highest BCUT2D eigenvalue weighted by Gasteiger charge is 2.09. The lowest BCUT2D eigenvalue weighted by atomic mass is 10.3. The molecule has 0 aliphatic rings. The molecule has 15 heavy (non-hydrogen) atoms. The van der Waals surface area contributed by atoms with Crippen molar-refractivity contribution < 1.29 is 4.74 Å². The maximum atomic E-state index is 5.50. The molecule has 1 aromatic rings. The second-order valence-corrected chi connectivity index (χ2v) is 3.60. The topological polar surface area (TPSA) is 66.0 Å². The molecule has 0 unspecified atom stereocenters. The zero-order chi connectivity index (χ0) is 11.3. The van der Waals surface area contributed by atoms with Crippen molar-refractivity contribution in [3.63, 3.8) is 0 Å². The minimum Gasteiger partial charge on any atom is -0.388 e. The lowest BCUT2D eigenvalue weighted by Crippen LogP contribution is -2.12. The van der Waals surface area contributed by atoms with Crippen LogP contribution in [0.2, 0.25) is 0 Å². The molecule has 1 aromatic heterocycles. The van der Waals surface area contributed by atoms with E-state index < -0.39 is 0 Å². The van der Waals surface area contributed by atoms with Crippen molar-refractivity contribution >= 4 is 17.2 Å². The molecule has 0 saturated heterocycles. The van der Waals surface area contributed by atoms with Crippen molar-refractivity contribution in [3.8, 4) is 0 Å². The largest absolute Gasteiger partial charge is 0.388 e. The van der Waals surface area contributed by atoms with Crippen LogP contribution in [0.15, 0.2) is 0 Å². The molecule has 0 aliphatic carbocycles. The third kappa shape index (κ3) is 3.24. The first kappa shape index (κ1) is 12.1. The van der Waals surface area contributed by atoms with E-state index in [2.05, 4.69) is 10.3 Å². The summed E-state index contributed by atoms with van der Waals surface area (Å²) in [5.74, 6) is 0. The van der Waals surface area contributed by atoms with E-state index in [1.165, 1.54) is 0 Å². The Morgan fingerprint density at radius 2 is 2.33 bits per heavy atom. The molecule has 0 atom stereocenters. The molecule has 0 amide bonds. The van der Waals surface area contributed by atoms with Crippen LogP contribution in [0.3, 0.4) is 0 Å². The van der Waals surface area contributed by atoms with Crippen LogP contribution < -0.4 is 5.73 Å². The van der Waals surface area contributed by atoms with Gasteiger partial charge in [-0.05, 0) is 20.3 Å². The van der Waals surface area contributed by atoms with Gasteiger partial charge in [-0.15, -0.1) is 5.10 Å². The van der Waals surface area contributed by atoms with Crippen molar-refractivity contribution in [2.45, 2.75) is 26.8 Å². The molecule has 0 radical (unpaired) electrons. The molecule has 84 valence electrons. The van der Waals surface area contributed by atoms with Crippen LogP contribution in [0.5, 0.6) is 0 Å². The number of rotatable bonds is 6. The van der Waals surface area contributed by atoms with Crippen molar-refractivity contribution in [1.29, 1.82) is 0 Å². The van der Waals surface area contributed by atoms with Gasteiger partial charge in [-0.25, -0.2) is 4.68 Å². The highest BCUT2D eigenvalue weighted by Crippen LogP contribution is 2.04. The first-order valence-electron chi connectivity index (χ1n) is 4.94. The van der Waals surface area contributed by atoms with Crippen LogP contribution in [-0.4, -0.2) is 33.2 Å². The van der Waals surface area contributed by atoms with E-state index in [4.69, 9.17) is 22.7 Å². The summed E-state index contributed by atoms with van der Waals surface area (Å²) >= 11 is 4.85. The molecule has 0 spiro atoms. The van der Waals surface area contributed by atoms with Crippen molar-refractivity contribution in [2.75, 3.05) is 13.2 Å². The van der Waals surface area contributed by atoms with Crippen molar-refractivity contribution in [1.82, 2.24) is 15.0 Å². The van der Waals surface area contributed by atoms with Crippen LogP contribution in [0.25, 0.3) is 0 Å². The maximum absolute atomic E-state index is 5.50. The highest BCUT2D eigenvalue weighted by molar-refractivity contribution is 7.80. The van der Waals surface area contributed by atoms with Gasteiger partial charge in [0.05, 0.1) is 5.69 Å². The second kappa shape index (κ2) is 5.77. The molecule has 6 heteroatoms. The first-order chi connectivity index (χ1) is 7.16. The Hall–Kier alpha value is -1.01. The Balaban J connectivity index is 2.51. The summed E-state index contributed by atoms with van der Waals surface area (Å²) in [6, 6.07) is 0. The SMILES string of the molecule is CCOCCCn1nnc(C(N)=S)c1C. The van der Waals surface area contributed by atoms with E-state index in [0.717, 1.165) is 31.9 Å². The summed E-state index contributed by atoms with van der Waals surface area (Å²) in [5, 5.41) is 7.90. The summed E-state index contributed by atoms with van der Waals surface area (Å²) in [5.41, 5.74) is 7.02. The second-order valence-electron chi connectivity index (χ2n) is 3.16. The Kier molecular flexibility index (Phi) is 4.64. The lowest BCUT2D eigenvalue weighted by molar-refractivity contribution is 0.140. The molecular formula is C9H16N4OS. The number of aryl methyl sites for hydroxylation is 1. The summed E-state index contributed by atoms with van der Waals surface area (Å²) in [6.07, 6.45) is 0.912. The molecule has 1 rings (SSSR count). The summed E-state index contributed by atoms with van der Waals surface area (Å²) in [6.45, 7) is 6.15. The van der Waals surface area contributed by atoms with Gasteiger partial charge in [0.2, 0.25) is 0 Å². The van der Waals surface area contributed by atoms with E-state index in [1.807, 2.05) is 13.8 Å². The highest BCUT2D eigenvalue weighted by atomic mass is 32.1. The zero-order valence-corrected chi connectivity index (χ0v) is 9.88. The van der Waals surface area contributed by atoms with E-state index >= 15 is 0 Å². The minimum atomic E-state index is 0.295. The van der Waals surface area contributed by atoms with E-state index in [9.17, 15) is 0 Å². The van der Waals surface area contributed by atoms with Gasteiger partial charge >= 0.3 is 0 Å². The molecule has 5 nitrogen and oxygen atoms in total. The van der Waals surface area contributed by atoms with Gasteiger partial charge < -0.3 is 10.5 Å². The van der Waals surface area contributed by atoms with Crippen molar-refractivity contribution in [2.24, 2.45) is 5.73 Å². The normalized spacial score (nSPS) is 10.5. The molecule has 0 saturated carbocycles. The monoisotopic (exact) mass is 228 g/mol. The van der Waals surface area contributed by atoms with Gasteiger partial charge in [0.15, 0.2) is 0 Å². The fourth-order valence-corrected chi connectivity index (χ4v) is 1.45. The Bertz CT molecular complexity index is 337. The zero-order valence-electron chi connectivity index (χ0n) is 9.06. The average Bonchev–Trinajstić information content (AvgIpc) is 2.55. The van der Waals surface area contributed by atoms with E-state index in [-0.39, 0.29) is 0 Å². The fraction of sp³-hybridized carbons (Fsp3) is 0.667.